The monoisotopic (exact) mass is 276 g/mol. The molecule has 0 aromatic heterocycles. The fourth-order valence-electron chi connectivity index (χ4n) is 1.38. The van der Waals surface area contributed by atoms with Crippen molar-refractivity contribution in [1.29, 1.82) is 0 Å². The van der Waals surface area contributed by atoms with Gasteiger partial charge in [-0.2, -0.15) is 0 Å². The summed E-state index contributed by atoms with van der Waals surface area (Å²) in [6.07, 6.45) is 1.50. The van der Waals surface area contributed by atoms with E-state index in [1.807, 2.05) is 12.1 Å². The Balaban J connectivity index is 2.26. The zero-order valence-electron chi connectivity index (χ0n) is 10.1. The topological polar surface area (TPSA) is 52.6 Å². The molecule has 0 spiro atoms. The predicted octanol–water partition coefficient (Wildman–Crippen LogP) is 1.54. The highest BCUT2D eigenvalue weighted by Crippen LogP contribution is 2.26. The van der Waals surface area contributed by atoms with Crippen molar-refractivity contribution in [3.63, 3.8) is 0 Å². The number of para-hydroxylation sites is 2. The minimum Gasteiger partial charge on any atom is -0.485 e. The summed E-state index contributed by atoms with van der Waals surface area (Å²) in [5.41, 5.74) is 2.57. The van der Waals surface area contributed by atoms with Gasteiger partial charge in [-0.05, 0) is 18.2 Å². The highest BCUT2D eigenvalue weighted by atomic mass is 32.2. The molecule has 19 heavy (non-hydrogen) atoms. The van der Waals surface area contributed by atoms with E-state index in [0.717, 1.165) is 5.41 Å². The van der Waals surface area contributed by atoms with Gasteiger partial charge in [-0.15, -0.1) is 5.73 Å². The van der Waals surface area contributed by atoms with E-state index in [0.29, 0.717) is 11.5 Å². The number of rotatable bonds is 0. The summed E-state index contributed by atoms with van der Waals surface area (Å²) in [6.45, 7) is 0.334. The van der Waals surface area contributed by atoms with Crippen LogP contribution >= 0.6 is 0 Å². The molecule has 0 radical (unpaired) electrons. The van der Waals surface area contributed by atoms with Gasteiger partial charge in [-0.1, -0.05) is 24.0 Å². The van der Waals surface area contributed by atoms with Gasteiger partial charge in [0.2, 0.25) is 0 Å². The molecule has 1 aliphatic heterocycles. The molecule has 0 aliphatic carbocycles. The first-order chi connectivity index (χ1) is 9.17. The van der Waals surface area contributed by atoms with Gasteiger partial charge in [0.1, 0.15) is 19.0 Å². The lowest BCUT2D eigenvalue weighted by atomic mass is 10.3. The second-order valence-corrected chi connectivity index (χ2v) is 5.55. The Labute approximate surface area is 112 Å². The summed E-state index contributed by atoms with van der Waals surface area (Å²) in [4.78, 5) is 0. The molecule has 0 saturated carbocycles. The van der Waals surface area contributed by atoms with Gasteiger partial charge < -0.3 is 9.47 Å². The summed E-state index contributed by atoms with van der Waals surface area (Å²) in [5, 5.41) is 1.01. The summed E-state index contributed by atoms with van der Waals surface area (Å²) in [6, 6.07) is 7.20. The number of hydrogen-bond acceptors (Lipinski definition) is 4. The van der Waals surface area contributed by atoms with E-state index < -0.39 is 9.84 Å². The summed E-state index contributed by atoms with van der Waals surface area (Å²) in [5.74, 6) is 6.14. The fraction of sp³-hybridized carbons (Fsp3) is 0.214. The van der Waals surface area contributed by atoms with Crippen molar-refractivity contribution < 1.29 is 17.9 Å². The van der Waals surface area contributed by atoms with E-state index in [1.54, 1.807) is 12.1 Å². The molecule has 98 valence electrons. The second-order valence-electron chi connectivity index (χ2n) is 3.70. The number of sulfone groups is 1. The number of fused-ring (bicyclic) bond motifs is 1. The Hall–Kier alpha value is -2.15. The van der Waals surface area contributed by atoms with Gasteiger partial charge in [0, 0.05) is 0 Å². The lowest BCUT2D eigenvalue weighted by Gasteiger charge is -2.09. The first-order valence-electron chi connectivity index (χ1n) is 5.61. The molecule has 4 nitrogen and oxygen atoms in total. The quantitative estimate of drug-likeness (QED) is 0.533. The lowest BCUT2D eigenvalue weighted by Crippen LogP contribution is -2.00. The van der Waals surface area contributed by atoms with Crippen LogP contribution in [-0.2, 0) is 9.84 Å². The average Bonchev–Trinajstić information content (AvgIpc) is 2.40. The van der Waals surface area contributed by atoms with Gasteiger partial charge >= 0.3 is 0 Å². The van der Waals surface area contributed by atoms with E-state index in [4.69, 9.17) is 9.47 Å². The van der Waals surface area contributed by atoms with Gasteiger partial charge in [0.05, 0.1) is 5.41 Å². The molecule has 1 aromatic rings. The number of hydrogen-bond donors (Lipinski definition) is 0. The van der Waals surface area contributed by atoms with Crippen molar-refractivity contribution in [2.75, 3.05) is 19.0 Å². The Kier molecular flexibility index (Phi) is 4.30. The minimum atomic E-state index is -3.34. The Morgan fingerprint density at radius 2 is 1.79 bits per heavy atom. The Morgan fingerprint density at radius 1 is 1.05 bits per heavy atom. The second kappa shape index (κ2) is 6.14. The van der Waals surface area contributed by atoms with Crippen molar-refractivity contribution in [3.05, 3.63) is 41.5 Å². The van der Waals surface area contributed by atoms with Crippen LogP contribution in [0, 0.1) is 11.8 Å². The van der Waals surface area contributed by atoms with E-state index in [9.17, 15) is 8.42 Å². The molecular formula is C14H12O4S. The van der Waals surface area contributed by atoms with Crippen LogP contribution in [0.5, 0.6) is 11.5 Å². The van der Waals surface area contributed by atoms with Crippen molar-refractivity contribution in [1.82, 2.24) is 0 Å². The molecule has 2 rings (SSSR count). The van der Waals surface area contributed by atoms with Crippen LogP contribution in [0.4, 0.5) is 0 Å². The maximum absolute atomic E-state index is 11.5. The molecule has 0 N–H and O–H groups in total. The van der Waals surface area contributed by atoms with E-state index in [2.05, 4.69) is 17.6 Å². The van der Waals surface area contributed by atoms with Crippen LogP contribution < -0.4 is 9.47 Å². The van der Waals surface area contributed by atoms with Crippen LogP contribution in [0.1, 0.15) is 0 Å². The summed E-state index contributed by atoms with van der Waals surface area (Å²) in [7, 11) is -3.34. The largest absolute Gasteiger partial charge is 0.485 e. The van der Waals surface area contributed by atoms with Gasteiger partial charge in [0.15, 0.2) is 21.3 Å². The van der Waals surface area contributed by atoms with Crippen LogP contribution in [0.2, 0.25) is 0 Å². The SMILES string of the molecule is O=S1(=O)C=C=CCOc2ccccc2OCC#CC1. The van der Waals surface area contributed by atoms with Crippen LogP contribution in [0.25, 0.3) is 0 Å². The minimum absolute atomic E-state index is 0.118. The molecule has 0 bridgehead atoms. The zero-order chi connectivity index (χ0) is 13.6. The summed E-state index contributed by atoms with van der Waals surface area (Å²) >= 11 is 0. The third-order valence-electron chi connectivity index (χ3n) is 2.23. The summed E-state index contributed by atoms with van der Waals surface area (Å²) < 4.78 is 33.8. The van der Waals surface area contributed by atoms with Crippen LogP contribution in [0.15, 0.2) is 41.5 Å². The molecule has 1 aromatic carbocycles. The van der Waals surface area contributed by atoms with Crippen molar-refractivity contribution >= 4 is 9.84 Å². The normalized spacial score (nSPS) is 17.3. The molecule has 1 aliphatic rings. The van der Waals surface area contributed by atoms with Crippen LogP contribution in [0.3, 0.4) is 0 Å². The molecule has 0 amide bonds. The van der Waals surface area contributed by atoms with Gasteiger partial charge in [0.25, 0.3) is 0 Å². The smallest absolute Gasteiger partial charge is 0.190 e. The van der Waals surface area contributed by atoms with E-state index in [1.165, 1.54) is 6.08 Å². The molecule has 0 atom stereocenters. The Morgan fingerprint density at radius 3 is 2.58 bits per heavy atom. The van der Waals surface area contributed by atoms with Crippen LogP contribution in [-0.4, -0.2) is 27.4 Å². The highest BCUT2D eigenvalue weighted by Gasteiger charge is 2.04. The van der Waals surface area contributed by atoms with Crippen molar-refractivity contribution in [2.24, 2.45) is 0 Å². The number of benzene rings is 1. The fourth-order valence-corrected chi connectivity index (χ4v) is 2.07. The van der Waals surface area contributed by atoms with Crippen molar-refractivity contribution in [3.8, 4) is 23.3 Å². The molecule has 0 saturated heterocycles. The Bertz CT molecular complexity index is 671. The van der Waals surface area contributed by atoms with E-state index in [-0.39, 0.29) is 19.0 Å². The average molecular weight is 276 g/mol. The molecular weight excluding hydrogens is 264 g/mol. The zero-order valence-corrected chi connectivity index (χ0v) is 10.9. The predicted molar refractivity (Wildman–Crippen MR) is 71.6 cm³/mol. The van der Waals surface area contributed by atoms with Gasteiger partial charge in [-0.3, -0.25) is 0 Å². The maximum atomic E-state index is 11.5. The molecule has 0 fully saturated rings. The van der Waals surface area contributed by atoms with Crippen molar-refractivity contribution in [2.45, 2.75) is 0 Å². The molecule has 0 unspecified atom stereocenters. The maximum Gasteiger partial charge on any atom is 0.190 e. The standard InChI is InChI=1S/C14H12O4S/c15-19(16)11-5-3-9-17-13-7-1-2-8-14(13)18-10-4-6-12-19/h1-3,7-8,11H,9-10,12H2. The third-order valence-corrected chi connectivity index (χ3v) is 3.28. The molecule has 5 heteroatoms. The third kappa shape index (κ3) is 4.22. The highest BCUT2D eigenvalue weighted by molar-refractivity contribution is 7.94. The first-order valence-corrected chi connectivity index (χ1v) is 7.33. The number of ether oxygens (including phenoxy) is 2. The van der Waals surface area contributed by atoms with Gasteiger partial charge in [-0.25, -0.2) is 8.42 Å². The molecule has 1 heterocycles. The first kappa shape index (κ1) is 13.3. The lowest BCUT2D eigenvalue weighted by molar-refractivity contribution is 0.311. The van der Waals surface area contributed by atoms with E-state index >= 15 is 0 Å².